The van der Waals surface area contributed by atoms with Gasteiger partial charge in [0.15, 0.2) is 5.82 Å². The first-order valence-electron chi connectivity index (χ1n) is 7.98. The Balaban J connectivity index is 2.12. The van der Waals surface area contributed by atoms with E-state index in [9.17, 15) is 9.90 Å². The number of hydrogen-bond acceptors (Lipinski definition) is 5. The first-order chi connectivity index (χ1) is 12.0. The van der Waals surface area contributed by atoms with Gasteiger partial charge < -0.3 is 19.7 Å². The van der Waals surface area contributed by atoms with E-state index >= 15 is 0 Å². The van der Waals surface area contributed by atoms with Gasteiger partial charge in [0.25, 0.3) is 0 Å². The zero-order chi connectivity index (χ0) is 18.0. The van der Waals surface area contributed by atoms with Crippen LogP contribution in [-0.4, -0.2) is 38.7 Å². The molecule has 1 aromatic carbocycles. The SMILES string of the molecule is COc1cccc(-c2nc3cc(O)ccc3n2CC(=O)NC(C)C)n1. The van der Waals surface area contributed by atoms with E-state index in [0.717, 1.165) is 5.52 Å². The van der Waals surface area contributed by atoms with Crippen LogP contribution in [0.3, 0.4) is 0 Å². The second-order valence-corrected chi connectivity index (χ2v) is 5.98. The highest BCUT2D eigenvalue weighted by molar-refractivity contribution is 5.85. The number of hydrogen-bond donors (Lipinski definition) is 2. The van der Waals surface area contributed by atoms with E-state index in [-0.39, 0.29) is 24.2 Å². The summed E-state index contributed by atoms with van der Waals surface area (Å²) in [5.74, 6) is 1.00. The second kappa shape index (κ2) is 6.80. The van der Waals surface area contributed by atoms with Gasteiger partial charge in [0.1, 0.15) is 18.0 Å². The number of benzene rings is 1. The number of nitrogens with one attached hydrogen (secondary N) is 1. The average Bonchev–Trinajstić information content (AvgIpc) is 2.91. The summed E-state index contributed by atoms with van der Waals surface area (Å²) in [6.07, 6.45) is 0. The number of amides is 1. The summed E-state index contributed by atoms with van der Waals surface area (Å²) in [7, 11) is 1.54. The van der Waals surface area contributed by atoms with Crippen LogP contribution in [0, 0.1) is 0 Å². The number of rotatable bonds is 5. The van der Waals surface area contributed by atoms with Crippen LogP contribution in [0.25, 0.3) is 22.6 Å². The molecule has 0 spiro atoms. The van der Waals surface area contributed by atoms with Crippen molar-refractivity contribution in [3.8, 4) is 23.1 Å². The van der Waals surface area contributed by atoms with Crippen LogP contribution >= 0.6 is 0 Å². The van der Waals surface area contributed by atoms with Crippen LogP contribution in [0.1, 0.15) is 13.8 Å². The molecule has 0 unspecified atom stereocenters. The number of imidazole rings is 1. The number of carbonyl (C=O) groups excluding carboxylic acids is 1. The minimum absolute atomic E-state index is 0.0460. The van der Waals surface area contributed by atoms with Crippen molar-refractivity contribution in [2.75, 3.05) is 7.11 Å². The summed E-state index contributed by atoms with van der Waals surface area (Å²) >= 11 is 0. The minimum atomic E-state index is -0.119. The third-order valence-electron chi connectivity index (χ3n) is 3.64. The first-order valence-corrected chi connectivity index (χ1v) is 7.98. The molecule has 7 heteroatoms. The second-order valence-electron chi connectivity index (χ2n) is 5.98. The van der Waals surface area contributed by atoms with Crippen molar-refractivity contribution in [3.05, 3.63) is 36.4 Å². The number of nitrogens with zero attached hydrogens (tertiary/aromatic N) is 3. The summed E-state index contributed by atoms with van der Waals surface area (Å²) in [5, 5.41) is 12.6. The lowest BCUT2D eigenvalue weighted by Gasteiger charge is -2.12. The lowest BCUT2D eigenvalue weighted by atomic mass is 10.3. The molecular formula is C18H20N4O3. The third kappa shape index (κ3) is 3.55. The molecule has 0 saturated carbocycles. The predicted octanol–water partition coefficient (Wildman–Crippen LogP) is 2.34. The highest BCUT2D eigenvalue weighted by atomic mass is 16.5. The Morgan fingerprint density at radius 1 is 1.28 bits per heavy atom. The van der Waals surface area contributed by atoms with E-state index in [1.165, 1.54) is 0 Å². The highest BCUT2D eigenvalue weighted by Gasteiger charge is 2.17. The van der Waals surface area contributed by atoms with Crippen molar-refractivity contribution in [1.82, 2.24) is 19.9 Å². The fourth-order valence-corrected chi connectivity index (χ4v) is 2.64. The molecule has 0 radical (unpaired) electrons. The molecule has 0 aliphatic heterocycles. The van der Waals surface area contributed by atoms with Gasteiger partial charge in [-0.1, -0.05) is 6.07 Å². The number of phenolic OH excluding ortho intramolecular Hbond substituents is 1. The van der Waals surface area contributed by atoms with Gasteiger partial charge in [0.05, 0.1) is 18.1 Å². The van der Waals surface area contributed by atoms with E-state index < -0.39 is 0 Å². The van der Waals surface area contributed by atoms with E-state index in [4.69, 9.17) is 4.74 Å². The Kier molecular flexibility index (Phi) is 4.56. The molecule has 3 aromatic rings. The number of carbonyl (C=O) groups is 1. The van der Waals surface area contributed by atoms with Gasteiger partial charge in [-0.15, -0.1) is 0 Å². The Hall–Kier alpha value is -3.09. The van der Waals surface area contributed by atoms with E-state index in [0.29, 0.717) is 22.9 Å². The van der Waals surface area contributed by atoms with Gasteiger partial charge in [0.2, 0.25) is 11.8 Å². The lowest BCUT2D eigenvalue weighted by molar-refractivity contribution is -0.122. The number of ether oxygens (including phenoxy) is 1. The van der Waals surface area contributed by atoms with Crippen LogP contribution < -0.4 is 10.1 Å². The standard InChI is InChI=1S/C18H20N4O3/c1-11(2)19-16(24)10-22-15-8-7-12(23)9-14(15)21-18(22)13-5-4-6-17(20-13)25-3/h4-9,11,23H,10H2,1-3H3,(H,19,24). The van der Waals surface area contributed by atoms with Crippen LogP contribution in [0.4, 0.5) is 0 Å². The molecule has 3 rings (SSSR count). The zero-order valence-corrected chi connectivity index (χ0v) is 14.4. The Bertz CT molecular complexity index is 918. The van der Waals surface area contributed by atoms with Gasteiger partial charge in [-0.2, -0.15) is 0 Å². The van der Waals surface area contributed by atoms with Crippen molar-refractivity contribution in [2.45, 2.75) is 26.4 Å². The number of aromatic nitrogens is 3. The quantitative estimate of drug-likeness (QED) is 0.744. The molecule has 0 aliphatic rings. The average molecular weight is 340 g/mol. The van der Waals surface area contributed by atoms with Crippen molar-refractivity contribution in [3.63, 3.8) is 0 Å². The van der Waals surface area contributed by atoms with Crippen molar-refractivity contribution < 1.29 is 14.6 Å². The van der Waals surface area contributed by atoms with Gasteiger partial charge in [-0.25, -0.2) is 9.97 Å². The summed E-state index contributed by atoms with van der Waals surface area (Å²) in [5.41, 5.74) is 1.93. The number of phenols is 1. The molecule has 0 bridgehead atoms. The Morgan fingerprint density at radius 2 is 2.08 bits per heavy atom. The highest BCUT2D eigenvalue weighted by Crippen LogP contribution is 2.27. The number of pyridine rings is 1. The Labute approximate surface area is 145 Å². The summed E-state index contributed by atoms with van der Waals surface area (Å²) in [6.45, 7) is 3.92. The van der Waals surface area contributed by atoms with Gasteiger partial charge in [-0.3, -0.25) is 4.79 Å². The van der Waals surface area contributed by atoms with Gasteiger partial charge in [0, 0.05) is 18.2 Å². The number of aromatic hydroxyl groups is 1. The number of methoxy groups -OCH3 is 1. The summed E-state index contributed by atoms with van der Waals surface area (Å²) < 4.78 is 6.96. The van der Waals surface area contributed by atoms with E-state index in [2.05, 4.69) is 15.3 Å². The summed E-state index contributed by atoms with van der Waals surface area (Å²) in [4.78, 5) is 21.2. The topological polar surface area (TPSA) is 89.3 Å². The fourth-order valence-electron chi connectivity index (χ4n) is 2.64. The lowest BCUT2D eigenvalue weighted by Crippen LogP contribution is -2.33. The largest absolute Gasteiger partial charge is 0.508 e. The van der Waals surface area contributed by atoms with E-state index in [1.807, 2.05) is 19.9 Å². The maximum Gasteiger partial charge on any atom is 0.240 e. The van der Waals surface area contributed by atoms with Crippen LogP contribution in [-0.2, 0) is 11.3 Å². The molecule has 0 fully saturated rings. The molecule has 0 saturated heterocycles. The minimum Gasteiger partial charge on any atom is -0.508 e. The molecule has 0 atom stereocenters. The van der Waals surface area contributed by atoms with Crippen LogP contribution in [0.2, 0.25) is 0 Å². The molecular weight excluding hydrogens is 320 g/mol. The summed E-state index contributed by atoms with van der Waals surface area (Å²) in [6, 6.07) is 10.3. The molecule has 7 nitrogen and oxygen atoms in total. The molecule has 2 heterocycles. The molecule has 1 amide bonds. The molecule has 2 N–H and O–H groups in total. The normalized spacial score (nSPS) is 11.0. The van der Waals surface area contributed by atoms with Gasteiger partial charge in [-0.05, 0) is 32.0 Å². The first kappa shape index (κ1) is 16.8. The monoisotopic (exact) mass is 340 g/mol. The van der Waals surface area contributed by atoms with Crippen molar-refractivity contribution in [1.29, 1.82) is 0 Å². The fraction of sp³-hybridized carbons (Fsp3) is 0.278. The van der Waals surface area contributed by atoms with Crippen molar-refractivity contribution in [2.24, 2.45) is 0 Å². The molecule has 130 valence electrons. The maximum atomic E-state index is 12.3. The van der Waals surface area contributed by atoms with Crippen LogP contribution in [0.15, 0.2) is 36.4 Å². The smallest absolute Gasteiger partial charge is 0.240 e. The zero-order valence-electron chi connectivity index (χ0n) is 14.4. The predicted molar refractivity (Wildman–Crippen MR) is 94.5 cm³/mol. The van der Waals surface area contributed by atoms with Crippen molar-refractivity contribution >= 4 is 16.9 Å². The van der Waals surface area contributed by atoms with Gasteiger partial charge >= 0.3 is 0 Å². The third-order valence-corrected chi connectivity index (χ3v) is 3.64. The Morgan fingerprint density at radius 3 is 2.80 bits per heavy atom. The van der Waals surface area contributed by atoms with E-state index in [1.54, 1.807) is 42.0 Å². The van der Waals surface area contributed by atoms with Crippen LogP contribution in [0.5, 0.6) is 11.6 Å². The number of fused-ring (bicyclic) bond motifs is 1. The molecule has 25 heavy (non-hydrogen) atoms. The molecule has 0 aliphatic carbocycles. The maximum absolute atomic E-state index is 12.3. The molecule has 2 aromatic heterocycles.